The number of ether oxygens (including phenoxy) is 1. The fourth-order valence-electron chi connectivity index (χ4n) is 1.78. The molecule has 2 N–H and O–H groups in total. The minimum absolute atomic E-state index is 0.207. The van der Waals surface area contributed by atoms with E-state index in [0.717, 1.165) is 5.56 Å². The molecule has 0 bridgehead atoms. The number of carboxylic acids is 1. The first kappa shape index (κ1) is 17.0. The summed E-state index contributed by atoms with van der Waals surface area (Å²) < 4.78 is 5.67. The first-order valence-electron chi connectivity index (χ1n) is 6.93. The molecule has 1 rings (SSSR count). The lowest BCUT2D eigenvalue weighted by molar-refractivity contribution is -0.146. The van der Waals surface area contributed by atoms with Crippen molar-refractivity contribution in [3.8, 4) is 5.75 Å². The fraction of sp³-hybridized carbons (Fsp3) is 0.500. The Labute approximate surface area is 125 Å². The average Bonchev–Trinajstić information content (AvgIpc) is 2.37. The summed E-state index contributed by atoms with van der Waals surface area (Å²) in [7, 11) is 0. The second kappa shape index (κ2) is 6.61. The van der Waals surface area contributed by atoms with Gasteiger partial charge in [0, 0.05) is 0 Å². The third-order valence-corrected chi connectivity index (χ3v) is 3.16. The molecule has 0 radical (unpaired) electrons. The first-order chi connectivity index (χ1) is 9.63. The molecule has 5 heteroatoms. The maximum absolute atomic E-state index is 12.3. The summed E-state index contributed by atoms with van der Waals surface area (Å²) in [6, 6.07) is 6.40. The topological polar surface area (TPSA) is 75.6 Å². The number of hydrogen-bond donors (Lipinski definition) is 2. The molecule has 1 amide bonds. The van der Waals surface area contributed by atoms with E-state index in [-0.39, 0.29) is 5.92 Å². The summed E-state index contributed by atoms with van der Waals surface area (Å²) in [5.74, 6) is -1.15. The molecule has 0 heterocycles. The van der Waals surface area contributed by atoms with Crippen molar-refractivity contribution in [1.29, 1.82) is 0 Å². The smallest absolute Gasteiger partial charge is 0.326 e. The molecule has 0 spiro atoms. The van der Waals surface area contributed by atoms with Gasteiger partial charge in [0.25, 0.3) is 5.91 Å². The van der Waals surface area contributed by atoms with Gasteiger partial charge in [0.05, 0.1) is 0 Å². The van der Waals surface area contributed by atoms with Crippen LogP contribution in [0.3, 0.4) is 0 Å². The van der Waals surface area contributed by atoms with Gasteiger partial charge in [-0.15, -0.1) is 0 Å². The molecule has 5 nitrogen and oxygen atoms in total. The van der Waals surface area contributed by atoms with Crippen LogP contribution in [0.25, 0.3) is 0 Å². The molecule has 1 atom stereocenters. The van der Waals surface area contributed by atoms with Crippen molar-refractivity contribution in [2.75, 3.05) is 0 Å². The normalized spacial score (nSPS) is 12.9. The Balaban J connectivity index is 2.79. The lowest BCUT2D eigenvalue weighted by Gasteiger charge is -2.28. The maximum atomic E-state index is 12.3. The highest BCUT2D eigenvalue weighted by atomic mass is 16.5. The van der Waals surface area contributed by atoms with Crippen molar-refractivity contribution in [1.82, 2.24) is 5.32 Å². The van der Waals surface area contributed by atoms with E-state index >= 15 is 0 Å². The number of carbonyl (C=O) groups is 2. The maximum Gasteiger partial charge on any atom is 0.326 e. The number of aliphatic carboxylic acids is 1. The van der Waals surface area contributed by atoms with Gasteiger partial charge in [-0.05, 0) is 38.8 Å². The summed E-state index contributed by atoms with van der Waals surface area (Å²) >= 11 is 0. The number of hydrogen-bond acceptors (Lipinski definition) is 3. The van der Waals surface area contributed by atoms with E-state index in [1.807, 2.05) is 19.1 Å². The van der Waals surface area contributed by atoms with Gasteiger partial charge in [0.15, 0.2) is 5.60 Å². The fourth-order valence-corrected chi connectivity index (χ4v) is 1.78. The summed E-state index contributed by atoms with van der Waals surface area (Å²) in [4.78, 5) is 23.4. The van der Waals surface area contributed by atoms with Crippen molar-refractivity contribution in [2.45, 2.75) is 46.3 Å². The standard InChI is InChI=1S/C16H23NO4/c1-10(2)13(14(18)19)17-15(20)16(4,5)21-12-8-6-11(3)7-9-12/h6-10,13H,1-5H3,(H,17,20)(H,18,19). The third-order valence-electron chi connectivity index (χ3n) is 3.16. The van der Waals surface area contributed by atoms with Gasteiger partial charge >= 0.3 is 5.97 Å². The van der Waals surface area contributed by atoms with Crippen LogP contribution in [0.15, 0.2) is 24.3 Å². The van der Waals surface area contributed by atoms with Crippen LogP contribution in [-0.4, -0.2) is 28.6 Å². The second-order valence-corrected chi connectivity index (χ2v) is 5.96. The number of nitrogens with one attached hydrogen (secondary N) is 1. The molecule has 0 aromatic heterocycles. The summed E-state index contributed by atoms with van der Waals surface area (Å²) in [6.07, 6.45) is 0. The van der Waals surface area contributed by atoms with Crippen LogP contribution in [0.2, 0.25) is 0 Å². The van der Waals surface area contributed by atoms with E-state index in [4.69, 9.17) is 9.84 Å². The highest BCUT2D eigenvalue weighted by Crippen LogP contribution is 2.19. The number of benzene rings is 1. The zero-order valence-corrected chi connectivity index (χ0v) is 13.1. The van der Waals surface area contributed by atoms with Crippen LogP contribution < -0.4 is 10.1 Å². The van der Waals surface area contributed by atoms with E-state index < -0.39 is 23.5 Å². The van der Waals surface area contributed by atoms with Crippen molar-refractivity contribution >= 4 is 11.9 Å². The first-order valence-corrected chi connectivity index (χ1v) is 6.93. The van der Waals surface area contributed by atoms with E-state index in [1.54, 1.807) is 39.8 Å². The lowest BCUT2D eigenvalue weighted by Crippen LogP contribution is -2.53. The molecule has 0 saturated heterocycles. The van der Waals surface area contributed by atoms with Crippen molar-refractivity contribution in [3.63, 3.8) is 0 Å². The Morgan fingerprint density at radius 3 is 2.14 bits per heavy atom. The largest absolute Gasteiger partial charge is 0.480 e. The van der Waals surface area contributed by atoms with Crippen LogP contribution in [0.4, 0.5) is 0 Å². The summed E-state index contributed by atoms with van der Waals surface area (Å²) in [5.41, 5.74) is -0.0620. The Morgan fingerprint density at radius 1 is 1.19 bits per heavy atom. The highest BCUT2D eigenvalue weighted by Gasteiger charge is 2.34. The molecule has 1 unspecified atom stereocenters. The summed E-state index contributed by atoms with van der Waals surface area (Å²) in [6.45, 7) is 8.67. The van der Waals surface area contributed by atoms with Crippen LogP contribution in [0, 0.1) is 12.8 Å². The Kier molecular flexibility index (Phi) is 5.35. The van der Waals surface area contributed by atoms with E-state index in [1.165, 1.54) is 0 Å². The predicted octanol–water partition coefficient (Wildman–Crippen LogP) is 2.38. The predicted molar refractivity (Wildman–Crippen MR) is 80.3 cm³/mol. The molecular formula is C16H23NO4. The van der Waals surface area contributed by atoms with Crippen LogP contribution in [-0.2, 0) is 9.59 Å². The number of rotatable bonds is 6. The SMILES string of the molecule is Cc1ccc(OC(C)(C)C(=O)NC(C(=O)O)C(C)C)cc1. The van der Waals surface area contributed by atoms with Gasteiger partial charge in [-0.3, -0.25) is 4.79 Å². The number of amides is 1. The van der Waals surface area contributed by atoms with Gasteiger partial charge in [0.2, 0.25) is 0 Å². The van der Waals surface area contributed by atoms with Gasteiger partial charge < -0.3 is 15.2 Å². The molecule has 0 fully saturated rings. The van der Waals surface area contributed by atoms with Crippen LogP contribution in [0.1, 0.15) is 33.3 Å². The monoisotopic (exact) mass is 293 g/mol. The van der Waals surface area contributed by atoms with Gasteiger partial charge in [0.1, 0.15) is 11.8 Å². The quantitative estimate of drug-likeness (QED) is 0.844. The zero-order valence-electron chi connectivity index (χ0n) is 13.1. The number of carbonyl (C=O) groups excluding carboxylic acids is 1. The Morgan fingerprint density at radius 2 is 1.71 bits per heavy atom. The molecule has 0 aliphatic rings. The molecule has 116 valence electrons. The van der Waals surface area contributed by atoms with Crippen molar-refractivity contribution in [3.05, 3.63) is 29.8 Å². The molecule has 21 heavy (non-hydrogen) atoms. The lowest BCUT2D eigenvalue weighted by atomic mass is 10.0. The van der Waals surface area contributed by atoms with Crippen LogP contribution in [0.5, 0.6) is 5.75 Å². The van der Waals surface area contributed by atoms with Crippen LogP contribution >= 0.6 is 0 Å². The Bertz CT molecular complexity index is 506. The number of aryl methyl sites for hydroxylation is 1. The molecule has 0 aliphatic carbocycles. The van der Waals surface area contributed by atoms with Gasteiger partial charge in [-0.1, -0.05) is 31.5 Å². The molecule has 1 aromatic carbocycles. The van der Waals surface area contributed by atoms with E-state index in [9.17, 15) is 9.59 Å². The molecular weight excluding hydrogens is 270 g/mol. The van der Waals surface area contributed by atoms with Gasteiger partial charge in [-0.25, -0.2) is 4.79 Å². The molecule has 0 saturated carbocycles. The molecule has 1 aromatic rings. The summed E-state index contributed by atoms with van der Waals surface area (Å²) in [5, 5.41) is 11.6. The minimum Gasteiger partial charge on any atom is -0.480 e. The minimum atomic E-state index is -1.15. The van der Waals surface area contributed by atoms with Crippen molar-refractivity contribution < 1.29 is 19.4 Å². The zero-order chi connectivity index (χ0) is 16.2. The van der Waals surface area contributed by atoms with E-state index in [2.05, 4.69) is 5.32 Å². The van der Waals surface area contributed by atoms with Gasteiger partial charge in [-0.2, -0.15) is 0 Å². The highest BCUT2D eigenvalue weighted by molar-refractivity contribution is 5.89. The number of carboxylic acid groups (broad SMARTS) is 1. The second-order valence-electron chi connectivity index (χ2n) is 5.96. The van der Waals surface area contributed by atoms with Crippen molar-refractivity contribution in [2.24, 2.45) is 5.92 Å². The Hall–Kier alpha value is -2.04. The van der Waals surface area contributed by atoms with E-state index in [0.29, 0.717) is 5.75 Å². The molecule has 0 aliphatic heterocycles. The third kappa shape index (κ3) is 4.77. The average molecular weight is 293 g/mol.